The van der Waals surface area contributed by atoms with Crippen molar-refractivity contribution in [2.45, 2.75) is 25.1 Å². The van der Waals surface area contributed by atoms with Crippen molar-refractivity contribution in [3.63, 3.8) is 0 Å². The van der Waals surface area contributed by atoms with Crippen LogP contribution in [0.1, 0.15) is 17.5 Å². The van der Waals surface area contributed by atoms with Gasteiger partial charge in [-0.15, -0.1) is 0 Å². The van der Waals surface area contributed by atoms with Crippen molar-refractivity contribution < 1.29 is 9.84 Å². The van der Waals surface area contributed by atoms with Crippen LogP contribution >= 0.6 is 0 Å². The molecule has 0 amide bonds. The Morgan fingerprint density at radius 3 is 2.29 bits per heavy atom. The van der Waals surface area contributed by atoms with Crippen LogP contribution in [0.5, 0.6) is 0 Å². The number of benzene rings is 1. The molecule has 0 aliphatic carbocycles. The zero-order chi connectivity index (χ0) is 19.4. The molecule has 3 fully saturated rings. The smallest absolute Gasteiger partial charge is 0.0912 e. The molecule has 1 aromatic carbocycles. The lowest BCUT2D eigenvalue weighted by Crippen LogP contribution is -2.51. The molecule has 6 nitrogen and oxygen atoms in total. The third-order valence-corrected chi connectivity index (χ3v) is 6.43. The van der Waals surface area contributed by atoms with Crippen LogP contribution in [0.4, 0.5) is 0 Å². The normalized spacial score (nSPS) is 28.8. The molecule has 0 bridgehead atoms. The molecule has 1 atom stereocenters. The van der Waals surface area contributed by atoms with E-state index in [2.05, 4.69) is 50.9 Å². The van der Waals surface area contributed by atoms with E-state index in [9.17, 15) is 5.11 Å². The lowest BCUT2D eigenvalue weighted by atomic mass is 10.0. The third-order valence-electron chi connectivity index (χ3n) is 6.43. The van der Waals surface area contributed by atoms with Crippen molar-refractivity contribution in [2.24, 2.45) is 0 Å². The minimum Gasteiger partial charge on any atom is -0.387 e. The number of morpholine rings is 1. The van der Waals surface area contributed by atoms with Crippen molar-refractivity contribution in [2.75, 3.05) is 79.2 Å². The summed E-state index contributed by atoms with van der Waals surface area (Å²) in [4.78, 5) is 9.69. The predicted octanol–water partition coefficient (Wildman–Crippen LogP) is 0.703. The maximum atomic E-state index is 11.1. The van der Waals surface area contributed by atoms with E-state index in [-0.39, 0.29) is 0 Å². The number of aliphatic hydroxyl groups is 1. The number of piperazine rings is 1. The highest BCUT2D eigenvalue weighted by molar-refractivity contribution is 5.23. The second kappa shape index (κ2) is 9.20. The summed E-state index contributed by atoms with van der Waals surface area (Å²) in [6.07, 6.45) is 0.882. The molecule has 0 spiro atoms. The first-order chi connectivity index (χ1) is 13.6. The average molecular weight is 389 g/mol. The van der Waals surface area contributed by atoms with Crippen molar-refractivity contribution in [1.82, 2.24) is 19.6 Å². The second-order valence-electron chi connectivity index (χ2n) is 8.97. The second-order valence-corrected chi connectivity index (χ2v) is 8.97. The lowest BCUT2D eigenvalue weighted by molar-refractivity contribution is -0.000369. The van der Waals surface area contributed by atoms with Crippen molar-refractivity contribution in [3.05, 3.63) is 35.4 Å². The van der Waals surface area contributed by atoms with Crippen LogP contribution in [-0.2, 0) is 17.8 Å². The van der Waals surface area contributed by atoms with Crippen LogP contribution in [0, 0.1) is 0 Å². The van der Waals surface area contributed by atoms with Crippen molar-refractivity contribution in [3.8, 4) is 0 Å². The standard InChI is InChI=1S/C22H36N4O2/c1-23-7-9-25(10-8-23)18-22(27)5-6-26(19-22)17-21-4-2-3-20(15-21)16-24-11-13-28-14-12-24/h2-4,15,27H,5-14,16-19H2,1H3. The average Bonchev–Trinajstić information content (AvgIpc) is 3.05. The molecule has 0 aromatic heterocycles. The number of nitrogens with zero attached hydrogens (tertiary/aromatic N) is 4. The molecule has 3 saturated heterocycles. The Labute approximate surface area is 169 Å². The highest BCUT2D eigenvalue weighted by Gasteiger charge is 2.37. The number of likely N-dealkylation sites (tertiary alicyclic amines) is 1. The van der Waals surface area contributed by atoms with Crippen LogP contribution in [-0.4, -0.2) is 109 Å². The summed E-state index contributed by atoms with van der Waals surface area (Å²) in [6, 6.07) is 8.97. The quantitative estimate of drug-likeness (QED) is 0.774. The zero-order valence-corrected chi connectivity index (χ0v) is 17.4. The minimum atomic E-state index is -0.554. The summed E-state index contributed by atoms with van der Waals surface area (Å²) < 4.78 is 5.45. The molecule has 3 aliphatic heterocycles. The molecule has 0 radical (unpaired) electrons. The van der Waals surface area contributed by atoms with Crippen molar-refractivity contribution >= 4 is 0 Å². The van der Waals surface area contributed by atoms with Gasteiger partial charge in [0.1, 0.15) is 0 Å². The molecule has 1 aromatic rings. The topological polar surface area (TPSA) is 42.4 Å². The number of hydrogen-bond acceptors (Lipinski definition) is 6. The van der Waals surface area contributed by atoms with E-state index in [0.717, 1.165) is 91.6 Å². The fourth-order valence-corrected chi connectivity index (χ4v) is 4.73. The summed E-state index contributed by atoms with van der Waals surface area (Å²) in [6.45, 7) is 12.6. The van der Waals surface area contributed by atoms with Gasteiger partial charge in [-0.05, 0) is 24.6 Å². The van der Waals surface area contributed by atoms with Gasteiger partial charge in [0.15, 0.2) is 0 Å². The molecule has 3 aliphatic rings. The largest absolute Gasteiger partial charge is 0.387 e. The Hall–Kier alpha value is -1.02. The molecule has 0 saturated carbocycles. The van der Waals surface area contributed by atoms with Gasteiger partial charge >= 0.3 is 0 Å². The summed E-state index contributed by atoms with van der Waals surface area (Å²) in [5.41, 5.74) is 2.18. The van der Waals surface area contributed by atoms with Crippen LogP contribution in [0.15, 0.2) is 24.3 Å². The van der Waals surface area contributed by atoms with Gasteiger partial charge in [-0.25, -0.2) is 0 Å². The number of hydrogen-bond donors (Lipinski definition) is 1. The number of β-amino-alcohol motifs (C(OH)–C–C–N with tert-alkyl or cyclic N) is 1. The van der Waals surface area contributed by atoms with Crippen molar-refractivity contribution in [1.29, 1.82) is 0 Å². The highest BCUT2D eigenvalue weighted by Crippen LogP contribution is 2.25. The number of likely N-dealkylation sites (N-methyl/N-ethyl adjacent to an activating group) is 1. The molecule has 156 valence electrons. The number of ether oxygens (including phenoxy) is 1. The Morgan fingerprint density at radius 2 is 1.57 bits per heavy atom. The molecule has 3 heterocycles. The molecule has 1 N–H and O–H groups in total. The molecule has 28 heavy (non-hydrogen) atoms. The van der Waals surface area contributed by atoms with Gasteiger partial charge in [-0.3, -0.25) is 14.7 Å². The van der Waals surface area contributed by atoms with Gasteiger partial charge in [0.25, 0.3) is 0 Å². The van der Waals surface area contributed by atoms with Crippen LogP contribution < -0.4 is 0 Å². The van der Waals surface area contributed by atoms with Gasteiger partial charge < -0.3 is 14.7 Å². The maximum absolute atomic E-state index is 11.1. The van der Waals surface area contributed by atoms with E-state index in [0.29, 0.717) is 0 Å². The Balaban J connectivity index is 1.28. The van der Waals surface area contributed by atoms with E-state index in [1.807, 2.05) is 0 Å². The van der Waals surface area contributed by atoms with E-state index < -0.39 is 5.60 Å². The monoisotopic (exact) mass is 388 g/mol. The van der Waals surface area contributed by atoms with Gasteiger partial charge in [0.2, 0.25) is 0 Å². The summed E-state index contributed by atoms with van der Waals surface area (Å²) in [5, 5.41) is 11.1. The van der Waals surface area contributed by atoms with E-state index in [1.54, 1.807) is 0 Å². The Kier molecular flexibility index (Phi) is 6.66. The zero-order valence-electron chi connectivity index (χ0n) is 17.4. The first kappa shape index (κ1) is 20.3. The van der Waals surface area contributed by atoms with Gasteiger partial charge in [-0.1, -0.05) is 24.3 Å². The Bertz CT molecular complexity index is 629. The fraction of sp³-hybridized carbons (Fsp3) is 0.727. The van der Waals surface area contributed by atoms with Gasteiger partial charge in [-0.2, -0.15) is 0 Å². The molecule has 4 rings (SSSR count). The minimum absolute atomic E-state index is 0.554. The Morgan fingerprint density at radius 1 is 0.893 bits per heavy atom. The molecular weight excluding hydrogens is 352 g/mol. The van der Waals surface area contributed by atoms with E-state index in [1.165, 1.54) is 11.1 Å². The first-order valence-electron chi connectivity index (χ1n) is 10.8. The van der Waals surface area contributed by atoms with Gasteiger partial charge in [0, 0.05) is 72.0 Å². The van der Waals surface area contributed by atoms with Gasteiger partial charge in [0.05, 0.1) is 18.8 Å². The SMILES string of the molecule is CN1CCN(CC2(O)CCN(Cc3cccc(CN4CCOCC4)c3)C2)CC1. The highest BCUT2D eigenvalue weighted by atomic mass is 16.5. The third kappa shape index (κ3) is 5.53. The number of rotatable bonds is 6. The predicted molar refractivity (Wildman–Crippen MR) is 111 cm³/mol. The summed E-state index contributed by atoms with van der Waals surface area (Å²) in [7, 11) is 2.18. The van der Waals surface area contributed by atoms with Crippen LogP contribution in [0.2, 0.25) is 0 Å². The fourth-order valence-electron chi connectivity index (χ4n) is 4.73. The molecule has 1 unspecified atom stereocenters. The maximum Gasteiger partial charge on any atom is 0.0912 e. The first-order valence-corrected chi connectivity index (χ1v) is 10.8. The molecular formula is C22H36N4O2. The van der Waals surface area contributed by atoms with E-state index in [4.69, 9.17) is 4.74 Å². The lowest BCUT2D eigenvalue weighted by Gasteiger charge is -2.37. The van der Waals surface area contributed by atoms with E-state index >= 15 is 0 Å². The molecule has 6 heteroatoms. The van der Waals surface area contributed by atoms with Crippen LogP contribution in [0.3, 0.4) is 0 Å². The van der Waals surface area contributed by atoms with Crippen LogP contribution in [0.25, 0.3) is 0 Å². The summed E-state index contributed by atoms with van der Waals surface area (Å²) in [5.74, 6) is 0. The summed E-state index contributed by atoms with van der Waals surface area (Å²) >= 11 is 0.